The number of nitrogens with one attached hydrogen (secondary N) is 1. The molecule has 0 saturated heterocycles. The van der Waals surface area contributed by atoms with E-state index >= 15 is 0 Å². The van der Waals surface area contributed by atoms with E-state index in [1.165, 1.54) is 18.4 Å². The molecule has 2 unspecified atom stereocenters. The maximum atomic E-state index is 13.5. The van der Waals surface area contributed by atoms with E-state index in [0.29, 0.717) is 25.3 Å². The zero-order valence-electron chi connectivity index (χ0n) is 18.0. The number of ether oxygens (including phenoxy) is 1. The van der Waals surface area contributed by atoms with Crippen LogP contribution in [-0.4, -0.2) is 43.5 Å². The van der Waals surface area contributed by atoms with Crippen LogP contribution < -0.4 is 5.32 Å². The molecular weight excluding hydrogens is 408 g/mol. The summed E-state index contributed by atoms with van der Waals surface area (Å²) in [7, 11) is 1.63. The van der Waals surface area contributed by atoms with Gasteiger partial charge in [0.25, 0.3) is 5.91 Å². The fourth-order valence-electron chi connectivity index (χ4n) is 4.67. The van der Waals surface area contributed by atoms with Gasteiger partial charge in [-0.25, -0.2) is 0 Å². The van der Waals surface area contributed by atoms with Crippen molar-refractivity contribution in [2.75, 3.05) is 26.8 Å². The van der Waals surface area contributed by atoms with Crippen LogP contribution in [0.5, 0.6) is 0 Å². The molecule has 2 atom stereocenters. The van der Waals surface area contributed by atoms with E-state index < -0.39 is 5.92 Å². The number of carbonyl (C=O) groups excluding carboxylic acids is 2. The van der Waals surface area contributed by atoms with E-state index in [1.54, 1.807) is 18.4 Å². The van der Waals surface area contributed by atoms with E-state index in [4.69, 9.17) is 4.74 Å². The number of hydrogen-bond acceptors (Lipinski definition) is 4. The third-order valence-corrected chi connectivity index (χ3v) is 7.17. The van der Waals surface area contributed by atoms with Crippen molar-refractivity contribution in [2.24, 2.45) is 0 Å². The second-order valence-electron chi connectivity index (χ2n) is 8.17. The van der Waals surface area contributed by atoms with Crippen molar-refractivity contribution in [3.8, 4) is 0 Å². The predicted molar refractivity (Wildman–Crippen MR) is 123 cm³/mol. The number of hydrogen-bond donors (Lipinski definition) is 1. The van der Waals surface area contributed by atoms with Crippen molar-refractivity contribution in [1.82, 2.24) is 10.2 Å². The molecule has 164 valence electrons. The van der Waals surface area contributed by atoms with Crippen molar-refractivity contribution in [1.29, 1.82) is 0 Å². The molecule has 2 heterocycles. The summed E-state index contributed by atoms with van der Waals surface area (Å²) >= 11 is 1.59. The molecule has 1 aliphatic carbocycles. The van der Waals surface area contributed by atoms with Gasteiger partial charge in [0.15, 0.2) is 0 Å². The number of rotatable bonds is 8. The minimum Gasteiger partial charge on any atom is -0.383 e. The number of amides is 2. The molecule has 1 aliphatic heterocycles. The summed E-state index contributed by atoms with van der Waals surface area (Å²) in [6.45, 7) is 1.51. The lowest BCUT2D eigenvalue weighted by Gasteiger charge is -2.41. The van der Waals surface area contributed by atoms with E-state index in [9.17, 15) is 9.59 Å². The zero-order chi connectivity index (χ0) is 21.6. The van der Waals surface area contributed by atoms with Crippen LogP contribution >= 0.6 is 11.3 Å². The van der Waals surface area contributed by atoms with Crippen LogP contribution in [-0.2, 0) is 9.53 Å². The molecule has 0 radical (unpaired) electrons. The third kappa shape index (κ3) is 4.75. The Balaban J connectivity index is 1.62. The molecule has 4 rings (SSSR count). The summed E-state index contributed by atoms with van der Waals surface area (Å²) in [5, 5.41) is 5.18. The molecule has 0 bridgehead atoms. The van der Waals surface area contributed by atoms with Gasteiger partial charge in [0, 0.05) is 30.6 Å². The largest absolute Gasteiger partial charge is 0.383 e. The smallest absolute Gasteiger partial charge is 0.254 e. The second kappa shape index (κ2) is 10.2. The average molecular weight is 439 g/mol. The Kier molecular flexibility index (Phi) is 7.20. The van der Waals surface area contributed by atoms with Gasteiger partial charge in [0.1, 0.15) is 0 Å². The minimum absolute atomic E-state index is 0.0165. The standard InChI is InChI=1S/C25H30N2O3S/c1-30-16-15-27-23(21-12-7-17-31-21)22(19-10-5-6-11-20(19)25(27)29)24(28)26-14-13-18-8-3-2-4-9-18/h5-8,10-12,17,22-23H,2-4,9,13-16H2,1H3,(H,26,28). The number of nitrogens with zero attached hydrogens (tertiary/aromatic N) is 1. The molecule has 6 heteroatoms. The van der Waals surface area contributed by atoms with Gasteiger partial charge in [-0.2, -0.15) is 0 Å². The van der Waals surface area contributed by atoms with Crippen molar-refractivity contribution in [2.45, 2.75) is 44.1 Å². The lowest BCUT2D eigenvalue weighted by atomic mass is 9.81. The van der Waals surface area contributed by atoms with Crippen molar-refractivity contribution >= 4 is 23.2 Å². The Morgan fingerprint density at radius 1 is 1.23 bits per heavy atom. The molecule has 1 N–H and O–H groups in total. The Hall–Kier alpha value is -2.44. The van der Waals surface area contributed by atoms with Crippen LogP contribution in [0.4, 0.5) is 0 Å². The Morgan fingerprint density at radius 3 is 2.84 bits per heavy atom. The highest BCUT2D eigenvalue weighted by Gasteiger charge is 2.44. The second-order valence-corrected chi connectivity index (χ2v) is 9.14. The van der Waals surface area contributed by atoms with E-state index in [2.05, 4.69) is 11.4 Å². The number of methoxy groups -OCH3 is 1. The summed E-state index contributed by atoms with van der Waals surface area (Å²) in [5.74, 6) is -0.496. The fraction of sp³-hybridized carbons (Fsp3) is 0.440. The van der Waals surface area contributed by atoms with Gasteiger partial charge in [-0.15, -0.1) is 11.3 Å². The summed E-state index contributed by atoms with van der Waals surface area (Å²) in [4.78, 5) is 29.7. The molecule has 1 aromatic carbocycles. The first kappa shape index (κ1) is 21.8. The zero-order valence-corrected chi connectivity index (χ0v) is 18.8. The van der Waals surface area contributed by atoms with Crippen LogP contribution in [0, 0.1) is 0 Å². The maximum absolute atomic E-state index is 13.5. The molecule has 1 aromatic heterocycles. The molecule has 0 spiro atoms. The van der Waals surface area contributed by atoms with Crippen LogP contribution in [0.3, 0.4) is 0 Å². The van der Waals surface area contributed by atoms with Gasteiger partial charge in [0.2, 0.25) is 5.91 Å². The SMILES string of the molecule is COCCN1C(=O)c2ccccc2C(C(=O)NCCC2=CCCCC2)C1c1cccs1. The third-order valence-electron chi connectivity index (χ3n) is 6.22. The van der Waals surface area contributed by atoms with Crippen molar-refractivity contribution < 1.29 is 14.3 Å². The lowest BCUT2D eigenvalue weighted by Crippen LogP contribution is -2.48. The van der Waals surface area contributed by atoms with Crippen LogP contribution in [0.2, 0.25) is 0 Å². The number of carbonyl (C=O) groups is 2. The number of thiophene rings is 1. The Bertz CT molecular complexity index is 938. The van der Waals surface area contributed by atoms with Crippen molar-refractivity contribution in [3.05, 3.63) is 69.4 Å². The monoisotopic (exact) mass is 438 g/mol. The summed E-state index contributed by atoms with van der Waals surface area (Å²) in [6, 6.07) is 11.2. The number of allylic oxidation sites excluding steroid dienone is 1. The highest BCUT2D eigenvalue weighted by atomic mass is 32.1. The highest BCUT2D eigenvalue weighted by molar-refractivity contribution is 7.10. The van der Waals surface area contributed by atoms with Crippen LogP contribution in [0.25, 0.3) is 0 Å². The van der Waals surface area contributed by atoms with E-state index in [-0.39, 0.29) is 17.9 Å². The van der Waals surface area contributed by atoms with Gasteiger partial charge < -0.3 is 15.0 Å². The number of fused-ring (bicyclic) bond motifs is 1. The first-order chi connectivity index (χ1) is 15.2. The van der Waals surface area contributed by atoms with Crippen molar-refractivity contribution in [3.63, 3.8) is 0 Å². The van der Waals surface area contributed by atoms with E-state index in [1.807, 2.05) is 46.7 Å². The van der Waals surface area contributed by atoms with Gasteiger partial charge in [0.05, 0.1) is 18.6 Å². The van der Waals surface area contributed by atoms with Gasteiger partial charge in [-0.05, 0) is 55.2 Å². The normalized spacial score (nSPS) is 20.9. The summed E-state index contributed by atoms with van der Waals surface area (Å²) in [5.41, 5.74) is 2.87. The van der Waals surface area contributed by atoms with Crippen LogP contribution in [0.15, 0.2) is 53.4 Å². The quantitative estimate of drug-likeness (QED) is 0.609. The highest BCUT2D eigenvalue weighted by Crippen LogP contribution is 2.44. The number of benzene rings is 1. The molecular formula is C25H30N2O3S. The van der Waals surface area contributed by atoms with Gasteiger partial charge in [-0.3, -0.25) is 9.59 Å². The topological polar surface area (TPSA) is 58.6 Å². The molecule has 0 fully saturated rings. The molecule has 5 nitrogen and oxygen atoms in total. The average Bonchev–Trinajstić information content (AvgIpc) is 3.33. The Labute approximate surface area is 188 Å². The summed E-state index contributed by atoms with van der Waals surface area (Å²) < 4.78 is 5.28. The molecule has 2 amide bonds. The van der Waals surface area contributed by atoms with Crippen LogP contribution in [0.1, 0.15) is 64.9 Å². The van der Waals surface area contributed by atoms with Gasteiger partial charge >= 0.3 is 0 Å². The first-order valence-electron chi connectivity index (χ1n) is 11.1. The maximum Gasteiger partial charge on any atom is 0.254 e. The molecule has 0 saturated carbocycles. The van der Waals surface area contributed by atoms with E-state index in [0.717, 1.165) is 29.7 Å². The lowest BCUT2D eigenvalue weighted by molar-refractivity contribution is -0.124. The molecule has 31 heavy (non-hydrogen) atoms. The molecule has 2 aromatic rings. The first-order valence-corrected chi connectivity index (χ1v) is 12.0. The minimum atomic E-state index is -0.440. The summed E-state index contributed by atoms with van der Waals surface area (Å²) in [6.07, 6.45) is 8.02. The Morgan fingerprint density at radius 2 is 2.10 bits per heavy atom. The predicted octanol–water partition coefficient (Wildman–Crippen LogP) is 4.68. The van der Waals surface area contributed by atoms with Gasteiger partial charge in [-0.1, -0.05) is 35.9 Å². The fourth-order valence-corrected chi connectivity index (χ4v) is 5.55. The molecule has 2 aliphatic rings.